The van der Waals surface area contributed by atoms with Gasteiger partial charge in [-0.25, -0.2) is 4.79 Å². The standard InChI is InChI=1S/C18H18O4/c1-10-6-14-9-13-8-12(18(20)21-3)4-5-16(13)22-17(14)15(7-10)11(2)19/h4-8,11,19H,9H2,1-3H3. The highest BCUT2D eigenvalue weighted by molar-refractivity contribution is 5.89. The minimum atomic E-state index is -0.593. The molecule has 114 valence electrons. The second-order valence-corrected chi connectivity index (χ2v) is 5.61. The summed E-state index contributed by atoms with van der Waals surface area (Å²) < 4.78 is 10.7. The molecule has 0 amide bonds. The number of benzene rings is 2. The van der Waals surface area contributed by atoms with Crippen molar-refractivity contribution in [2.45, 2.75) is 26.4 Å². The van der Waals surface area contributed by atoms with Crippen LogP contribution in [0.3, 0.4) is 0 Å². The lowest BCUT2D eigenvalue weighted by Crippen LogP contribution is -2.09. The summed E-state index contributed by atoms with van der Waals surface area (Å²) in [4.78, 5) is 11.6. The summed E-state index contributed by atoms with van der Waals surface area (Å²) >= 11 is 0. The zero-order valence-electron chi connectivity index (χ0n) is 12.8. The number of aliphatic hydroxyl groups excluding tert-OH is 1. The van der Waals surface area contributed by atoms with E-state index in [4.69, 9.17) is 9.47 Å². The van der Waals surface area contributed by atoms with Crippen LogP contribution in [-0.4, -0.2) is 18.2 Å². The Balaban J connectivity index is 2.06. The van der Waals surface area contributed by atoms with Gasteiger partial charge in [-0.05, 0) is 43.7 Å². The van der Waals surface area contributed by atoms with Crippen LogP contribution in [0.1, 0.15) is 45.6 Å². The van der Waals surface area contributed by atoms with Crippen molar-refractivity contribution >= 4 is 5.97 Å². The predicted octanol–water partition coefficient (Wildman–Crippen LogP) is 3.53. The van der Waals surface area contributed by atoms with Crippen molar-refractivity contribution in [2.75, 3.05) is 7.11 Å². The maximum atomic E-state index is 11.6. The number of methoxy groups -OCH3 is 1. The maximum absolute atomic E-state index is 11.6. The average molecular weight is 298 g/mol. The molecule has 0 aromatic heterocycles. The van der Waals surface area contributed by atoms with Crippen LogP contribution >= 0.6 is 0 Å². The third kappa shape index (κ3) is 2.46. The molecule has 4 nitrogen and oxygen atoms in total. The number of esters is 1. The average Bonchev–Trinajstić information content (AvgIpc) is 2.50. The van der Waals surface area contributed by atoms with E-state index in [1.54, 1.807) is 25.1 Å². The van der Waals surface area contributed by atoms with Gasteiger partial charge in [0.25, 0.3) is 0 Å². The fourth-order valence-corrected chi connectivity index (χ4v) is 2.82. The van der Waals surface area contributed by atoms with Gasteiger partial charge in [0.1, 0.15) is 11.5 Å². The van der Waals surface area contributed by atoms with Crippen LogP contribution < -0.4 is 4.74 Å². The molecule has 0 aliphatic carbocycles. The Hall–Kier alpha value is -2.33. The van der Waals surface area contributed by atoms with E-state index in [1.807, 2.05) is 13.0 Å². The summed E-state index contributed by atoms with van der Waals surface area (Å²) in [7, 11) is 1.37. The minimum Gasteiger partial charge on any atom is -0.465 e. The Morgan fingerprint density at radius 3 is 2.73 bits per heavy atom. The number of rotatable bonds is 2. The maximum Gasteiger partial charge on any atom is 0.337 e. The first kappa shape index (κ1) is 14.6. The number of fused-ring (bicyclic) bond motifs is 2. The van der Waals surface area contributed by atoms with E-state index in [0.29, 0.717) is 17.7 Å². The molecule has 1 aliphatic rings. The van der Waals surface area contributed by atoms with Gasteiger partial charge in [0.15, 0.2) is 0 Å². The van der Waals surface area contributed by atoms with Crippen LogP contribution in [0.5, 0.6) is 11.5 Å². The Bertz CT molecular complexity index is 747. The van der Waals surface area contributed by atoms with Gasteiger partial charge >= 0.3 is 5.97 Å². The molecule has 0 saturated carbocycles. The lowest BCUT2D eigenvalue weighted by Gasteiger charge is -2.24. The first-order valence-electron chi connectivity index (χ1n) is 7.20. The van der Waals surface area contributed by atoms with Gasteiger partial charge in [-0.1, -0.05) is 11.6 Å². The molecular formula is C18H18O4. The molecule has 1 aliphatic heterocycles. The number of aliphatic hydroxyl groups is 1. The Morgan fingerprint density at radius 1 is 1.27 bits per heavy atom. The SMILES string of the molecule is COC(=O)c1ccc2c(c1)Cc1cc(C)cc(C(C)O)c1O2. The molecule has 2 aromatic rings. The smallest absolute Gasteiger partial charge is 0.337 e. The number of carbonyl (C=O) groups is 1. The highest BCUT2D eigenvalue weighted by Crippen LogP contribution is 2.41. The summed E-state index contributed by atoms with van der Waals surface area (Å²) in [5.74, 6) is 1.08. The fourth-order valence-electron chi connectivity index (χ4n) is 2.82. The molecule has 2 aromatic carbocycles. The first-order valence-corrected chi connectivity index (χ1v) is 7.20. The van der Waals surface area contributed by atoms with Crippen molar-refractivity contribution in [3.05, 3.63) is 58.1 Å². The lowest BCUT2D eigenvalue weighted by atomic mass is 9.93. The highest BCUT2D eigenvalue weighted by atomic mass is 16.5. The van der Waals surface area contributed by atoms with Gasteiger partial charge in [0.05, 0.1) is 18.8 Å². The molecule has 0 bridgehead atoms. The normalized spacial score (nSPS) is 13.6. The summed E-state index contributed by atoms with van der Waals surface area (Å²) in [6.45, 7) is 3.72. The van der Waals surface area contributed by atoms with Gasteiger partial charge in [-0.3, -0.25) is 0 Å². The molecule has 0 fully saturated rings. The minimum absolute atomic E-state index is 0.359. The topological polar surface area (TPSA) is 55.8 Å². The third-order valence-corrected chi connectivity index (χ3v) is 3.86. The van der Waals surface area contributed by atoms with E-state index in [0.717, 1.165) is 28.0 Å². The second-order valence-electron chi connectivity index (χ2n) is 5.61. The molecule has 1 unspecified atom stereocenters. The number of hydrogen-bond donors (Lipinski definition) is 1. The van der Waals surface area contributed by atoms with Gasteiger partial charge in [0.2, 0.25) is 0 Å². The summed E-state index contributed by atoms with van der Waals surface area (Å²) in [5.41, 5.74) is 4.34. The number of aryl methyl sites for hydroxylation is 1. The highest BCUT2D eigenvalue weighted by Gasteiger charge is 2.23. The van der Waals surface area contributed by atoms with Crippen molar-refractivity contribution in [3.8, 4) is 11.5 Å². The van der Waals surface area contributed by atoms with Gasteiger partial charge in [-0.15, -0.1) is 0 Å². The molecule has 22 heavy (non-hydrogen) atoms. The van der Waals surface area contributed by atoms with Crippen LogP contribution in [-0.2, 0) is 11.2 Å². The van der Waals surface area contributed by atoms with Crippen LogP contribution in [0.25, 0.3) is 0 Å². The summed E-state index contributed by atoms with van der Waals surface area (Å²) in [5, 5.41) is 9.96. The van der Waals surface area contributed by atoms with Gasteiger partial charge in [0, 0.05) is 17.5 Å². The van der Waals surface area contributed by atoms with Crippen molar-refractivity contribution in [3.63, 3.8) is 0 Å². The Labute approximate surface area is 129 Å². The number of hydrogen-bond acceptors (Lipinski definition) is 4. The van der Waals surface area contributed by atoms with Crippen molar-refractivity contribution in [2.24, 2.45) is 0 Å². The molecule has 1 atom stereocenters. The summed E-state index contributed by atoms with van der Waals surface area (Å²) in [6, 6.07) is 9.25. The van der Waals surface area contributed by atoms with E-state index in [9.17, 15) is 9.90 Å². The van der Waals surface area contributed by atoms with Crippen LogP contribution in [0, 0.1) is 6.92 Å². The molecule has 0 saturated heterocycles. The fraction of sp³-hybridized carbons (Fsp3) is 0.278. The van der Waals surface area contributed by atoms with Crippen LogP contribution in [0.15, 0.2) is 30.3 Å². The molecular weight excluding hydrogens is 280 g/mol. The molecule has 1 N–H and O–H groups in total. The monoisotopic (exact) mass is 298 g/mol. The first-order chi connectivity index (χ1) is 10.5. The van der Waals surface area contributed by atoms with Crippen molar-refractivity contribution in [1.29, 1.82) is 0 Å². The molecule has 0 radical (unpaired) electrons. The molecule has 3 rings (SSSR count). The molecule has 0 spiro atoms. The molecule has 1 heterocycles. The molecule has 4 heteroatoms. The lowest BCUT2D eigenvalue weighted by molar-refractivity contribution is 0.0600. The van der Waals surface area contributed by atoms with E-state index in [-0.39, 0.29) is 5.97 Å². The van der Waals surface area contributed by atoms with E-state index in [1.165, 1.54) is 7.11 Å². The van der Waals surface area contributed by atoms with Gasteiger partial charge < -0.3 is 14.6 Å². The Morgan fingerprint density at radius 2 is 2.05 bits per heavy atom. The zero-order chi connectivity index (χ0) is 15.9. The quantitative estimate of drug-likeness (QED) is 0.735. The van der Waals surface area contributed by atoms with Crippen molar-refractivity contribution < 1.29 is 19.4 Å². The van der Waals surface area contributed by atoms with Crippen LogP contribution in [0.2, 0.25) is 0 Å². The van der Waals surface area contributed by atoms with Crippen molar-refractivity contribution in [1.82, 2.24) is 0 Å². The van der Waals surface area contributed by atoms with E-state index >= 15 is 0 Å². The largest absolute Gasteiger partial charge is 0.465 e. The second kappa shape index (κ2) is 5.46. The van der Waals surface area contributed by atoms with E-state index < -0.39 is 6.10 Å². The number of ether oxygens (including phenoxy) is 2. The number of carbonyl (C=O) groups excluding carboxylic acids is 1. The Kier molecular flexibility index (Phi) is 3.62. The van der Waals surface area contributed by atoms with E-state index in [2.05, 4.69) is 6.07 Å². The zero-order valence-corrected chi connectivity index (χ0v) is 12.8. The summed E-state index contributed by atoms with van der Waals surface area (Å²) in [6.07, 6.45) is 0.0706. The third-order valence-electron chi connectivity index (χ3n) is 3.86. The van der Waals surface area contributed by atoms with Crippen LogP contribution in [0.4, 0.5) is 0 Å². The van der Waals surface area contributed by atoms with Gasteiger partial charge in [-0.2, -0.15) is 0 Å². The predicted molar refractivity (Wildman–Crippen MR) is 82.5 cm³/mol.